The van der Waals surface area contributed by atoms with Crippen molar-refractivity contribution in [3.63, 3.8) is 0 Å². The van der Waals surface area contributed by atoms with E-state index in [0.717, 1.165) is 31.3 Å². The van der Waals surface area contributed by atoms with E-state index < -0.39 is 5.97 Å². The molecule has 0 aliphatic carbocycles. The molecule has 0 aromatic heterocycles. The molecule has 0 saturated heterocycles. The molecule has 1 aromatic carbocycles. The molecule has 0 bridgehead atoms. The fourth-order valence-electron chi connectivity index (χ4n) is 2.61. The van der Waals surface area contributed by atoms with E-state index in [-0.39, 0.29) is 22.6 Å². The van der Waals surface area contributed by atoms with Gasteiger partial charge >= 0.3 is 5.97 Å². The van der Waals surface area contributed by atoms with Crippen LogP contribution in [-0.4, -0.2) is 21.3 Å². The van der Waals surface area contributed by atoms with Crippen LogP contribution in [0.5, 0.6) is 11.5 Å². The van der Waals surface area contributed by atoms with Crippen LogP contribution in [0.25, 0.3) is 0 Å². The third-order valence-electron chi connectivity index (χ3n) is 4.27. The number of hydrogen-bond donors (Lipinski definition) is 3. The molecule has 0 radical (unpaired) electrons. The maximum Gasteiger partial charge on any atom is 0.339 e. The van der Waals surface area contributed by atoms with Crippen LogP contribution < -0.4 is 0 Å². The maximum atomic E-state index is 11.1. The quantitative estimate of drug-likeness (QED) is 0.491. The number of rotatable bonds is 9. The van der Waals surface area contributed by atoms with Gasteiger partial charge in [0.2, 0.25) is 0 Å². The number of carbonyl (C=O) groups is 1. The second kappa shape index (κ2) is 10.5. The Kier molecular flexibility index (Phi) is 8.70. The van der Waals surface area contributed by atoms with E-state index in [1.165, 1.54) is 23.3 Å². The number of carboxylic acid groups (broad SMARTS) is 1. The summed E-state index contributed by atoms with van der Waals surface area (Å²) in [5, 5.41) is 29.0. The highest BCUT2D eigenvalue weighted by molar-refractivity contribution is 5.91. The van der Waals surface area contributed by atoms with Crippen molar-refractivity contribution in [1.82, 2.24) is 0 Å². The number of aromatic hydroxyl groups is 2. The van der Waals surface area contributed by atoms with E-state index in [2.05, 4.69) is 32.9 Å². The van der Waals surface area contributed by atoms with Gasteiger partial charge in [-0.05, 0) is 71.9 Å². The van der Waals surface area contributed by atoms with Crippen molar-refractivity contribution in [3.05, 3.63) is 58.2 Å². The largest absolute Gasteiger partial charge is 0.508 e. The average Bonchev–Trinajstić information content (AvgIpc) is 2.53. The smallest absolute Gasteiger partial charge is 0.339 e. The lowest BCUT2D eigenvalue weighted by molar-refractivity contribution is 0.0693. The van der Waals surface area contributed by atoms with E-state index in [1.54, 1.807) is 0 Å². The Morgan fingerprint density at radius 3 is 2.08 bits per heavy atom. The fourth-order valence-corrected chi connectivity index (χ4v) is 2.61. The zero-order valence-corrected chi connectivity index (χ0v) is 16.2. The molecule has 0 heterocycles. The van der Waals surface area contributed by atoms with Gasteiger partial charge in [-0.25, -0.2) is 4.79 Å². The van der Waals surface area contributed by atoms with E-state index in [4.69, 9.17) is 5.11 Å². The maximum absolute atomic E-state index is 11.1. The zero-order valence-electron chi connectivity index (χ0n) is 16.2. The SMILES string of the molecule is CC(C)=CCCC(C)=CCCC(C)=CCc1c(O)ccc(C(=O)O)c1O. The lowest BCUT2D eigenvalue weighted by Gasteiger charge is -2.08. The van der Waals surface area contributed by atoms with Crippen LogP contribution in [0.2, 0.25) is 0 Å². The minimum Gasteiger partial charge on any atom is -0.508 e. The van der Waals surface area contributed by atoms with Gasteiger partial charge in [-0.15, -0.1) is 0 Å². The first-order valence-electron chi connectivity index (χ1n) is 8.94. The Balaban J connectivity index is 2.63. The highest BCUT2D eigenvalue weighted by Crippen LogP contribution is 2.31. The summed E-state index contributed by atoms with van der Waals surface area (Å²) in [5.74, 6) is -1.67. The van der Waals surface area contributed by atoms with Crippen molar-refractivity contribution in [2.75, 3.05) is 0 Å². The Bertz CT molecular complexity index is 720. The van der Waals surface area contributed by atoms with E-state index >= 15 is 0 Å². The predicted octanol–water partition coefficient (Wildman–Crippen LogP) is 5.76. The van der Waals surface area contributed by atoms with Crippen molar-refractivity contribution < 1.29 is 20.1 Å². The Morgan fingerprint density at radius 1 is 0.923 bits per heavy atom. The fraction of sp³-hybridized carbons (Fsp3) is 0.409. The molecule has 0 aliphatic rings. The van der Waals surface area contributed by atoms with E-state index in [0.29, 0.717) is 6.42 Å². The first-order chi connectivity index (χ1) is 12.2. The van der Waals surface area contributed by atoms with Crippen LogP contribution in [-0.2, 0) is 6.42 Å². The summed E-state index contributed by atoms with van der Waals surface area (Å²) in [4.78, 5) is 11.1. The van der Waals surface area contributed by atoms with E-state index in [1.807, 2.05) is 13.0 Å². The molecule has 142 valence electrons. The minimum atomic E-state index is -1.21. The van der Waals surface area contributed by atoms with Crippen molar-refractivity contribution in [2.45, 2.75) is 59.8 Å². The highest BCUT2D eigenvalue weighted by atomic mass is 16.4. The topological polar surface area (TPSA) is 77.8 Å². The molecule has 4 nitrogen and oxygen atoms in total. The molecule has 0 unspecified atom stereocenters. The molecule has 0 fully saturated rings. The number of allylic oxidation sites excluding steroid dienone is 6. The summed E-state index contributed by atoms with van der Waals surface area (Å²) in [6.45, 7) is 8.36. The van der Waals surface area contributed by atoms with Gasteiger partial charge in [0.15, 0.2) is 0 Å². The molecule has 3 N–H and O–H groups in total. The van der Waals surface area contributed by atoms with Gasteiger partial charge in [-0.1, -0.05) is 34.9 Å². The summed E-state index contributed by atoms with van der Waals surface area (Å²) in [5.41, 5.74) is 3.91. The predicted molar refractivity (Wildman–Crippen MR) is 106 cm³/mol. The van der Waals surface area contributed by atoms with Crippen LogP contribution in [0.4, 0.5) is 0 Å². The Labute approximate surface area is 156 Å². The van der Waals surface area contributed by atoms with Crippen molar-refractivity contribution in [2.24, 2.45) is 0 Å². The van der Waals surface area contributed by atoms with Gasteiger partial charge in [0.1, 0.15) is 17.1 Å². The molecular formula is C22H30O4. The number of carboxylic acids is 1. The van der Waals surface area contributed by atoms with Crippen molar-refractivity contribution >= 4 is 5.97 Å². The zero-order chi connectivity index (χ0) is 19.7. The first kappa shape index (κ1) is 21.6. The van der Waals surface area contributed by atoms with Crippen LogP contribution in [0, 0.1) is 0 Å². The third-order valence-corrected chi connectivity index (χ3v) is 4.27. The lowest BCUT2D eigenvalue weighted by Crippen LogP contribution is -1.99. The van der Waals surface area contributed by atoms with Gasteiger partial charge < -0.3 is 15.3 Å². The summed E-state index contributed by atoms with van der Waals surface area (Å²) in [7, 11) is 0. The number of phenols is 2. The van der Waals surface area contributed by atoms with Gasteiger partial charge in [-0.3, -0.25) is 0 Å². The van der Waals surface area contributed by atoms with Crippen LogP contribution in [0.1, 0.15) is 69.3 Å². The molecule has 1 rings (SSSR count). The average molecular weight is 358 g/mol. The van der Waals surface area contributed by atoms with Crippen LogP contribution >= 0.6 is 0 Å². The molecule has 0 atom stereocenters. The van der Waals surface area contributed by atoms with Gasteiger partial charge in [0.25, 0.3) is 0 Å². The minimum absolute atomic E-state index is 0.0911. The summed E-state index contributed by atoms with van der Waals surface area (Å²) < 4.78 is 0. The highest BCUT2D eigenvalue weighted by Gasteiger charge is 2.16. The molecule has 0 saturated carbocycles. The molecule has 4 heteroatoms. The van der Waals surface area contributed by atoms with Gasteiger partial charge in [-0.2, -0.15) is 0 Å². The molecule has 0 spiro atoms. The molecule has 26 heavy (non-hydrogen) atoms. The second-order valence-electron chi connectivity index (χ2n) is 6.93. The van der Waals surface area contributed by atoms with Gasteiger partial charge in [0, 0.05) is 5.56 Å². The molecule has 1 aromatic rings. The number of aromatic carboxylic acids is 1. The number of benzene rings is 1. The first-order valence-corrected chi connectivity index (χ1v) is 8.94. The molecule has 0 aliphatic heterocycles. The third kappa shape index (κ3) is 7.18. The lowest BCUT2D eigenvalue weighted by atomic mass is 10.0. The van der Waals surface area contributed by atoms with E-state index in [9.17, 15) is 15.0 Å². The monoisotopic (exact) mass is 358 g/mol. The van der Waals surface area contributed by atoms with Crippen LogP contribution in [0.3, 0.4) is 0 Å². The Morgan fingerprint density at radius 2 is 1.50 bits per heavy atom. The number of phenolic OH excluding ortho intramolecular Hbond substituents is 1. The molecule has 0 amide bonds. The summed E-state index contributed by atoms with van der Waals surface area (Å²) in [6, 6.07) is 2.51. The second-order valence-corrected chi connectivity index (χ2v) is 6.93. The standard InChI is InChI=1S/C22H30O4/c1-15(2)7-5-8-16(3)9-6-10-17(4)11-12-18-20(23)14-13-19(21(18)24)22(25)26/h7,9,11,13-14,23-24H,5-6,8,10,12H2,1-4H3,(H,25,26). The molecular weight excluding hydrogens is 328 g/mol. The summed E-state index contributed by atoms with van der Waals surface area (Å²) in [6.07, 6.45) is 10.7. The van der Waals surface area contributed by atoms with Crippen LogP contribution in [0.15, 0.2) is 47.1 Å². The normalized spacial score (nSPS) is 12.2. The van der Waals surface area contributed by atoms with Crippen molar-refractivity contribution in [1.29, 1.82) is 0 Å². The number of hydrogen-bond acceptors (Lipinski definition) is 3. The van der Waals surface area contributed by atoms with Gasteiger partial charge in [0.05, 0.1) is 0 Å². The summed E-state index contributed by atoms with van der Waals surface area (Å²) >= 11 is 0. The Hall–Kier alpha value is -2.49. The van der Waals surface area contributed by atoms with Crippen molar-refractivity contribution in [3.8, 4) is 11.5 Å².